The summed E-state index contributed by atoms with van der Waals surface area (Å²) in [4.78, 5) is 80.6. The SMILES string of the molecule is CC1(C)C(/C=C/C2=C(Cl)C(=C/C=C3Cc4ccccc4N3CCCCCC(=O)NCCOCCOCCOCCOCCNC(=O)CN3CCN(CC(=O)O)CCN(CC(=O)O)CCN(CC(=O)O)CC3)/CCC2)=[N+](CCCCCC(=O)O)c2ccccc21. The van der Waals surface area contributed by atoms with Crippen molar-refractivity contribution in [3.05, 3.63) is 106 Å². The largest absolute Gasteiger partial charge is 0.481 e. The van der Waals surface area contributed by atoms with Crippen LogP contribution in [0, 0.1) is 0 Å². The minimum atomic E-state index is -1.02. The molecule has 23 heteroatoms. The van der Waals surface area contributed by atoms with E-state index in [-0.39, 0.29) is 63.0 Å². The van der Waals surface area contributed by atoms with Gasteiger partial charge in [-0.25, -0.2) is 0 Å². The molecule has 1 aliphatic carbocycles. The molecule has 1 fully saturated rings. The molecule has 6 rings (SSSR count). The molecule has 0 atom stereocenters. The second kappa shape index (κ2) is 39.0. The van der Waals surface area contributed by atoms with Gasteiger partial charge in [0.05, 0.1) is 84.4 Å². The highest BCUT2D eigenvalue weighted by atomic mass is 35.5. The number of carboxylic acids is 4. The molecule has 2 aromatic carbocycles. The molecule has 1 saturated heterocycles. The quantitative estimate of drug-likeness (QED) is 0.0325. The second-order valence-corrected chi connectivity index (χ2v) is 23.8. The van der Waals surface area contributed by atoms with Gasteiger partial charge in [-0.05, 0) is 87.6 Å². The topological polar surface area (TPSA) is 264 Å². The lowest BCUT2D eigenvalue weighted by Gasteiger charge is -2.32. The maximum absolute atomic E-state index is 12.9. The van der Waals surface area contributed by atoms with Crippen molar-refractivity contribution in [2.75, 3.05) is 162 Å². The van der Waals surface area contributed by atoms with Crippen molar-refractivity contribution < 1.29 is 72.7 Å². The van der Waals surface area contributed by atoms with Crippen LogP contribution in [0.25, 0.3) is 0 Å². The average molecular weight is 1260 g/mol. The molecular weight excluding hydrogens is 1160 g/mol. The van der Waals surface area contributed by atoms with E-state index >= 15 is 0 Å². The van der Waals surface area contributed by atoms with Crippen LogP contribution < -0.4 is 15.5 Å². The Bertz CT molecular complexity index is 2770. The van der Waals surface area contributed by atoms with Crippen LogP contribution in [0.3, 0.4) is 0 Å². The number of amides is 2. The summed E-state index contributed by atoms with van der Waals surface area (Å²) in [6.45, 7) is 11.5. The van der Waals surface area contributed by atoms with Crippen LogP contribution in [0.15, 0.2) is 94.7 Å². The van der Waals surface area contributed by atoms with Gasteiger partial charge in [-0.15, -0.1) is 0 Å². The molecule has 3 heterocycles. The van der Waals surface area contributed by atoms with E-state index in [1.165, 1.54) is 33.9 Å². The zero-order chi connectivity index (χ0) is 63.8. The van der Waals surface area contributed by atoms with Crippen LogP contribution in [0.1, 0.15) is 95.6 Å². The zero-order valence-electron chi connectivity index (χ0n) is 52.3. The first-order valence-electron chi connectivity index (χ1n) is 31.7. The van der Waals surface area contributed by atoms with Gasteiger partial charge < -0.3 is 54.9 Å². The molecule has 2 aromatic rings. The van der Waals surface area contributed by atoms with E-state index < -0.39 is 23.9 Å². The van der Waals surface area contributed by atoms with Crippen molar-refractivity contribution in [1.29, 1.82) is 0 Å². The molecule has 22 nitrogen and oxygen atoms in total. The lowest BCUT2D eigenvalue weighted by Crippen LogP contribution is -2.50. The number of allylic oxidation sites excluding steroid dienone is 8. The number of hydrogen-bond acceptors (Lipinski definition) is 15. The molecule has 6 N–H and O–H groups in total. The lowest BCUT2D eigenvalue weighted by molar-refractivity contribution is -0.438. The summed E-state index contributed by atoms with van der Waals surface area (Å²) in [6.07, 6.45) is 18.4. The summed E-state index contributed by atoms with van der Waals surface area (Å²) in [5.41, 5.74) is 9.59. The summed E-state index contributed by atoms with van der Waals surface area (Å²) in [6, 6.07) is 17.2. The number of nitrogens with zero attached hydrogens (tertiary/aromatic N) is 6. The fourth-order valence-corrected chi connectivity index (χ4v) is 11.9. The minimum Gasteiger partial charge on any atom is -0.481 e. The van der Waals surface area contributed by atoms with Crippen molar-refractivity contribution in [3.8, 4) is 0 Å². The van der Waals surface area contributed by atoms with Crippen molar-refractivity contribution in [1.82, 2.24) is 30.2 Å². The highest BCUT2D eigenvalue weighted by molar-refractivity contribution is 6.32. The third-order valence-electron chi connectivity index (χ3n) is 16.4. The van der Waals surface area contributed by atoms with E-state index in [9.17, 15) is 44.1 Å². The molecular formula is C66H96ClN8O14+. The second-order valence-electron chi connectivity index (χ2n) is 23.5. The number of benzene rings is 2. The van der Waals surface area contributed by atoms with E-state index in [4.69, 9.17) is 35.7 Å². The number of aliphatic carboxylic acids is 4. The van der Waals surface area contributed by atoms with Gasteiger partial charge in [0.25, 0.3) is 0 Å². The molecule has 0 radical (unpaired) electrons. The van der Waals surface area contributed by atoms with E-state index in [0.29, 0.717) is 118 Å². The summed E-state index contributed by atoms with van der Waals surface area (Å²) in [5.74, 6) is -4.05. The van der Waals surface area contributed by atoms with Crippen molar-refractivity contribution >= 4 is 64.4 Å². The fraction of sp³-hybridized carbons (Fsp3) is 0.591. The number of unbranched alkanes of at least 4 members (excludes halogenated alkanes) is 4. The van der Waals surface area contributed by atoms with Crippen molar-refractivity contribution in [2.24, 2.45) is 0 Å². The molecule has 0 spiro atoms. The molecule has 0 unspecified atom stereocenters. The number of nitrogens with one attached hydrogen (secondary N) is 2. The molecule has 490 valence electrons. The Kier molecular flexibility index (Phi) is 31.5. The van der Waals surface area contributed by atoms with Crippen LogP contribution in [0.2, 0.25) is 0 Å². The monoisotopic (exact) mass is 1260 g/mol. The Morgan fingerprint density at radius 2 is 1.09 bits per heavy atom. The maximum atomic E-state index is 12.9. The number of carboxylic acid groups (broad SMARTS) is 4. The summed E-state index contributed by atoms with van der Waals surface area (Å²) < 4.78 is 24.8. The third-order valence-corrected chi connectivity index (χ3v) is 16.8. The minimum absolute atomic E-state index is 0.00779. The number of carbonyl (C=O) groups is 6. The van der Waals surface area contributed by atoms with E-state index in [0.717, 1.165) is 87.1 Å². The highest BCUT2D eigenvalue weighted by Crippen LogP contribution is 2.41. The van der Waals surface area contributed by atoms with Gasteiger partial charge in [0.15, 0.2) is 5.71 Å². The van der Waals surface area contributed by atoms with Crippen molar-refractivity contribution in [2.45, 2.75) is 96.3 Å². The summed E-state index contributed by atoms with van der Waals surface area (Å²) in [5, 5.41) is 44.0. The highest BCUT2D eigenvalue weighted by Gasteiger charge is 2.44. The van der Waals surface area contributed by atoms with Crippen LogP contribution >= 0.6 is 11.6 Å². The number of hydrogen-bond donors (Lipinski definition) is 6. The van der Waals surface area contributed by atoms with Gasteiger partial charge in [-0.1, -0.05) is 66.6 Å². The molecule has 0 aromatic heterocycles. The molecule has 0 bridgehead atoms. The average Bonchev–Trinajstić information content (AvgIpc) is 1.64. The number of halogens is 1. The number of anilines is 1. The Morgan fingerprint density at radius 1 is 0.573 bits per heavy atom. The maximum Gasteiger partial charge on any atom is 0.317 e. The normalized spacial score (nSPS) is 18.1. The van der Waals surface area contributed by atoms with Crippen molar-refractivity contribution in [3.63, 3.8) is 0 Å². The van der Waals surface area contributed by atoms with Gasteiger partial charge in [-0.2, -0.15) is 4.58 Å². The number of ether oxygens (including phenoxy) is 4. The van der Waals surface area contributed by atoms with Gasteiger partial charge in [0.2, 0.25) is 17.5 Å². The predicted octanol–water partition coefficient (Wildman–Crippen LogP) is 6.15. The van der Waals surface area contributed by atoms with Gasteiger partial charge in [-0.3, -0.25) is 48.4 Å². The van der Waals surface area contributed by atoms with E-state index in [1.807, 2.05) is 4.90 Å². The molecule has 2 amide bonds. The van der Waals surface area contributed by atoms with Gasteiger partial charge >= 0.3 is 23.9 Å². The number of fused-ring (bicyclic) bond motifs is 2. The summed E-state index contributed by atoms with van der Waals surface area (Å²) in [7, 11) is 0. The fourth-order valence-electron chi connectivity index (χ4n) is 11.6. The molecule has 3 aliphatic heterocycles. The smallest absolute Gasteiger partial charge is 0.317 e. The van der Waals surface area contributed by atoms with Crippen LogP contribution in [0.4, 0.5) is 11.4 Å². The Hall–Kier alpha value is -6.34. The molecule has 0 saturated carbocycles. The Balaban J connectivity index is 0.804. The van der Waals surface area contributed by atoms with E-state index in [2.05, 4.69) is 107 Å². The predicted molar refractivity (Wildman–Crippen MR) is 341 cm³/mol. The first-order chi connectivity index (χ1) is 43.0. The zero-order valence-corrected chi connectivity index (χ0v) is 53.1. The number of rotatable bonds is 38. The van der Waals surface area contributed by atoms with Gasteiger partial charge in [0.1, 0.15) is 6.54 Å². The number of carbonyl (C=O) groups excluding carboxylic acids is 2. The first-order valence-corrected chi connectivity index (χ1v) is 32.0. The Morgan fingerprint density at radius 3 is 1.67 bits per heavy atom. The third kappa shape index (κ3) is 25.5. The number of para-hydroxylation sites is 2. The lowest BCUT2D eigenvalue weighted by atomic mass is 9.81. The van der Waals surface area contributed by atoms with Crippen LogP contribution in [-0.4, -0.2) is 244 Å². The van der Waals surface area contributed by atoms with E-state index in [1.54, 1.807) is 14.7 Å². The molecule has 89 heavy (non-hydrogen) atoms. The Labute approximate surface area is 529 Å². The standard InChI is InChI=1S/C66H95ClN8O14/c1-66(2)55-17-8-10-19-57(55)75(29-12-4-6-21-61(78)79)58(66)25-23-52-16-13-15-51(65(52)67)22-24-54-46-53-14-7-9-18-56(53)74(54)28-11-3-5-20-59(76)68-26-38-86-40-42-88-44-45-89-43-41-87-39-27-69-60(77)47-70-30-32-71(48-62(80)81)34-36-73(50-64(84)85)37-35-72(33-31-70)49-63(82)83/h7-10,14,17-19,22-25H,3-6,11-13,15-16,20-21,26-50H2,1-2H3,(H5-,68,69,76,77,78,79,80,81,82,83,84,85)/p+1. The first kappa shape index (κ1) is 71.7. The van der Waals surface area contributed by atoms with Gasteiger partial charge in [0, 0.05) is 132 Å². The van der Waals surface area contributed by atoms with Crippen LogP contribution in [0.5, 0.6) is 0 Å². The van der Waals surface area contributed by atoms with Crippen LogP contribution in [-0.2, 0) is 59.6 Å². The molecule has 4 aliphatic rings. The summed E-state index contributed by atoms with van der Waals surface area (Å²) >= 11 is 7.25.